The van der Waals surface area contributed by atoms with Crippen LogP contribution in [0.3, 0.4) is 0 Å². The van der Waals surface area contributed by atoms with E-state index in [9.17, 15) is 18.0 Å². The molecule has 2 aromatic carbocycles. The van der Waals surface area contributed by atoms with Crippen LogP contribution in [-0.4, -0.2) is 27.3 Å². The number of carbonyl (C=O) groups is 1. The number of rotatable bonds is 11. The molecular formula is C26H31F3N4O2. The largest absolute Gasteiger partial charge is 0.462 e. The van der Waals surface area contributed by atoms with E-state index in [1.807, 2.05) is 13.8 Å². The van der Waals surface area contributed by atoms with E-state index in [-0.39, 0.29) is 17.8 Å². The number of nitrogens with one attached hydrogen (secondary N) is 1. The Balaban J connectivity index is 1.82. The van der Waals surface area contributed by atoms with Crippen molar-refractivity contribution in [1.29, 1.82) is 0 Å². The van der Waals surface area contributed by atoms with Gasteiger partial charge in [0.15, 0.2) is 5.82 Å². The molecule has 0 bridgehead atoms. The minimum atomic E-state index is -4.42. The standard InChI is InChI=1S/C26H31F3N4O2/c1-4-5-6-7-8-23(34)30-21-13-15-22(16-14-21)33-24(31-25(32-33)35-17-18(2)3)19-9-11-20(12-10-19)26(27,28)29/h9-16,18H,4-8,17H2,1-3H3,(H,30,34). The Bertz CT molecular complexity index is 1090. The van der Waals surface area contributed by atoms with Gasteiger partial charge in [-0.25, -0.2) is 4.68 Å². The number of unbranched alkanes of at least 4 members (excludes halogenated alkanes) is 3. The lowest BCUT2D eigenvalue weighted by Gasteiger charge is -2.10. The molecule has 3 rings (SSSR count). The molecule has 0 radical (unpaired) electrons. The fourth-order valence-electron chi connectivity index (χ4n) is 3.39. The Kier molecular flexibility index (Phi) is 8.89. The minimum Gasteiger partial charge on any atom is -0.462 e. The van der Waals surface area contributed by atoms with Crippen LogP contribution in [0.1, 0.15) is 58.4 Å². The first-order valence-electron chi connectivity index (χ1n) is 11.8. The number of ether oxygens (including phenoxy) is 1. The van der Waals surface area contributed by atoms with Crippen LogP contribution < -0.4 is 10.1 Å². The molecule has 0 spiro atoms. The number of amides is 1. The normalized spacial score (nSPS) is 11.6. The second-order valence-electron chi connectivity index (χ2n) is 8.82. The summed E-state index contributed by atoms with van der Waals surface area (Å²) in [6.07, 6.45) is 0.164. The van der Waals surface area contributed by atoms with Gasteiger partial charge in [-0.05, 0) is 48.7 Å². The summed E-state index contributed by atoms with van der Waals surface area (Å²) in [7, 11) is 0. The summed E-state index contributed by atoms with van der Waals surface area (Å²) in [6.45, 7) is 6.51. The number of anilines is 1. The maximum atomic E-state index is 13.0. The first kappa shape index (κ1) is 26.2. The average molecular weight is 489 g/mol. The van der Waals surface area contributed by atoms with E-state index in [1.54, 1.807) is 24.3 Å². The van der Waals surface area contributed by atoms with Gasteiger partial charge in [0.25, 0.3) is 0 Å². The lowest BCUT2D eigenvalue weighted by atomic mass is 10.1. The highest BCUT2D eigenvalue weighted by Gasteiger charge is 2.30. The molecule has 1 aromatic heterocycles. The van der Waals surface area contributed by atoms with Crippen LogP contribution in [0.15, 0.2) is 48.5 Å². The third-order valence-corrected chi connectivity index (χ3v) is 5.26. The average Bonchev–Trinajstić information content (AvgIpc) is 3.25. The number of aromatic nitrogens is 3. The van der Waals surface area contributed by atoms with E-state index in [4.69, 9.17) is 4.74 Å². The van der Waals surface area contributed by atoms with Gasteiger partial charge in [-0.1, -0.05) is 52.2 Å². The van der Waals surface area contributed by atoms with Crippen LogP contribution in [0.2, 0.25) is 0 Å². The molecule has 0 saturated carbocycles. The molecule has 3 aromatic rings. The van der Waals surface area contributed by atoms with E-state index in [0.29, 0.717) is 35.8 Å². The third-order valence-electron chi connectivity index (χ3n) is 5.26. The number of carbonyl (C=O) groups excluding carboxylic acids is 1. The quantitative estimate of drug-likeness (QED) is 0.298. The predicted octanol–water partition coefficient (Wildman–Crippen LogP) is 6.90. The van der Waals surface area contributed by atoms with Gasteiger partial charge in [0.2, 0.25) is 5.91 Å². The molecule has 0 saturated heterocycles. The van der Waals surface area contributed by atoms with Crippen LogP contribution >= 0.6 is 0 Å². The lowest BCUT2D eigenvalue weighted by molar-refractivity contribution is -0.137. The monoisotopic (exact) mass is 488 g/mol. The number of benzene rings is 2. The van der Waals surface area contributed by atoms with Crippen molar-refractivity contribution in [3.05, 3.63) is 54.1 Å². The number of hydrogen-bond donors (Lipinski definition) is 1. The minimum absolute atomic E-state index is 0.0376. The summed E-state index contributed by atoms with van der Waals surface area (Å²) in [5.74, 6) is 0.566. The summed E-state index contributed by atoms with van der Waals surface area (Å²) < 4.78 is 46.2. The summed E-state index contributed by atoms with van der Waals surface area (Å²) in [5.41, 5.74) is 1.02. The van der Waals surface area contributed by atoms with Gasteiger partial charge in [0.05, 0.1) is 17.9 Å². The highest BCUT2D eigenvalue weighted by atomic mass is 19.4. The van der Waals surface area contributed by atoms with Crippen molar-refractivity contribution in [3.8, 4) is 23.1 Å². The Morgan fingerprint density at radius 2 is 1.71 bits per heavy atom. The maximum absolute atomic E-state index is 13.0. The van der Waals surface area contributed by atoms with Gasteiger partial charge in [-0.15, -0.1) is 5.10 Å². The SMILES string of the molecule is CCCCCCC(=O)Nc1ccc(-n2nc(OCC(C)C)nc2-c2ccc(C(F)(F)F)cc2)cc1. The Morgan fingerprint density at radius 3 is 2.31 bits per heavy atom. The summed E-state index contributed by atoms with van der Waals surface area (Å²) in [5, 5.41) is 7.31. The van der Waals surface area contributed by atoms with Gasteiger partial charge in [-0.2, -0.15) is 18.2 Å². The Morgan fingerprint density at radius 1 is 1.03 bits per heavy atom. The Hall–Kier alpha value is -3.36. The van der Waals surface area contributed by atoms with Crippen molar-refractivity contribution in [1.82, 2.24) is 14.8 Å². The molecule has 9 heteroatoms. The molecule has 0 aliphatic heterocycles. The van der Waals surface area contributed by atoms with Crippen LogP contribution in [0.5, 0.6) is 6.01 Å². The van der Waals surface area contributed by atoms with Gasteiger partial charge in [0, 0.05) is 17.7 Å². The van der Waals surface area contributed by atoms with Gasteiger partial charge < -0.3 is 10.1 Å². The van der Waals surface area contributed by atoms with Crippen molar-refractivity contribution in [2.75, 3.05) is 11.9 Å². The number of halogens is 3. The van der Waals surface area contributed by atoms with E-state index >= 15 is 0 Å². The molecule has 6 nitrogen and oxygen atoms in total. The van der Waals surface area contributed by atoms with Crippen LogP contribution in [-0.2, 0) is 11.0 Å². The van der Waals surface area contributed by atoms with E-state index in [0.717, 1.165) is 37.8 Å². The summed E-state index contributed by atoms with van der Waals surface area (Å²) >= 11 is 0. The topological polar surface area (TPSA) is 69.0 Å². The van der Waals surface area contributed by atoms with Gasteiger partial charge in [0.1, 0.15) is 0 Å². The molecule has 35 heavy (non-hydrogen) atoms. The van der Waals surface area contributed by atoms with Crippen molar-refractivity contribution < 1.29 is 22.7 Å². The van der Waals surface area contributed by atoms with E-state index < -0.39 is 11.7 Å². The molecule has 188 valence electrons. The van der Waals surface area contributed by atoms with Crippen molar-refractivity contribution in [3.63, 3.8) is 0 Å². The Labute approximate surface area is 203 Å². The van der Waals surface area contributed by atoms with Crippen molar-refractivity contribution >= 4 is 11.6 Å². The second-order valence-corrected chi connectivity index (χ2v) is 8.82. The fraction of sp³-hybridized carbons (Fsp3) is 0.423. The van der Waals surface area contributed by atoms with Crippen molar-refractivity contribution in [2.24, 2.45) is 5.92 Å². The van der Waals surface area contributed by atoms with Crippen LogP contribution in [0.25, 0.3) is 17.1 Å². The lowest BCUT2D eigenvalue weighted by Crippen LogP contribution is -2.11. The van der Waals surface area contributed by atoms with Crippen molar-refractivity contribution in [2.45, 2.75) is 59.1 Å². The fourth-order valence-corrected chi connectivity index (χ4v) is 3.39. The molecule has 1 heterocycles. The maximum Gasteiger partial charge on any atom is 0.416 e. The first-order chi connectivity index (χ1) is 16.7. The zero-order valence-corrected chi connectivity index (χ0v) is 20.2. The van der Waals surface area contributed by atoms with E-state index in [1.165, 1.54) is 16.8 Å². The zero-order valence-electron chi connectivity index (χ0n) is 20.2. The number of hydrogen-bond acceptors (Lipinski definition) is 4. The number of nitrogens with zero attached hydrogens (tertiary/aromatic N) is 3. The molecule has 0 aliphatic carbocycles. The molecule has 0 aliphatic rings. The molecule has 0 fully saturated rings. The molecule has 1 amide bonds. The zero-order chi connectivity index (χ0) is 25.4. The van der Waals surface area contributed by atoms with E-state index in [2.05, 4.69) is 22.3 Å². The molecule has 0 unspecified atom stereocenters. The summed E-state index contributed by atoms with van der Waals surface area (Å²) in [6, 6.07) is 11.9. The van der Waals surface area contributed by atoms with Gasteiger partial charge in [-0.3, -0.25) is 4.79 Å². The summed E-state index contributed by atoms with van der Waals surface area (Å²) in [4.78, 5) is 16.6. The molecule has 0 atom stereocenters. The predicted molar refractivity (Wildman–Crippen MR) is 130 cm³/mol. The highest BCUT2D eigenvalue weighted by Crippen LogP contribution is 2.31. The van der Waals surface area contributed by atoms with Gasteiger partial charge >= 0.3 is 12.2 Å². The first-order valence-corrected chi connectivity index (χ1v) is 11.8. The number of alkyl halides is 3. The highest BCUT2D eigenvalue weighted by molar-refractivity contribution is 5.90. The molecule has 1 N–H and O–H groups in total. The smallest absolute Gasteiger partial charge is 0.416 e. The van der Waals surface area contributed by atoms with Crippen LogP contribution in [0, 0.1) is 5.92 Å². The van der Waals surface area contributed by atoms with Crippen LogP contribution in [0.4, 0.5) is 18.9 Å². The molecular weight excluding hydrogens is 457 g/mol. The third kappa shape index (κ3) is 7.56. The second kappa shape index (κ2) is 11.9.